The highest BCUT2D eigenvalue weighted by Gasteiger charge is 2.12. The molecule has 0 unspecified atom stereocenters. The van der Waals surface area contributed by atoms with Crippen LogP contribution in [0.4, 0.5) is 0 Å². The van der Waals surface area contributed by atoms with E-state index in [1.165, 1.54) is 0 Å². The van der Waals surface area contributed by atoms with E-state index in [1.807, 2.05) is 18.2 Å². The number of alkyl halides is 1. The first-order valence-corrected chi connectivity index (χ1v) is 6.67. The molecule has 1 aromatic rings. The largest absolute Gasteiger partial charge is 0.496 e. The first kappa shape index (κ1) is 15.7. The average Bonchev–Trinajstić information content (AvgIpc) is 2.43. The van der Waals surface area contributed by atoms with Crippen molar-refractivity contribution in [3.8, 4) is 17.2 Å². The van der Waals surface area contributed by atoms with E-state index in [9.17, 15) is 0 Å². The molecule has 0 fully saturated rings. The fraction of sp³-hybridized carbons (Fsp3) is 0.467. The molecule has 0 aliphatic rings. The quantitative estimate of drug-likeness (QED) is 0.739. The minimum absolute atomic E-state index is 0.385. The topological polar surface area (TPSA) is 27.7 Å². The molecule has 0 radical (unpaired) electrons. The zero-order chi connectivity index (χ0) is 14.4. The number of hydrogen-bond acceptors (Lipinski definition) is 3. The van der Waals surface area contributed by atoms with Crippen molar-refractivity contribution in [2.45, 2.75) is 13.8 Å². The highest BCUT2D eigenvalue weighted by Crippen LogP contribution is 2.36. The van der Waals surface area contributed by atoms with Crippen LogP contribution in [0.15, 0.2) is 17.7 Å². The Kier molecular flexibility index (Phi) is 6.03. The van der Waals surface area contributed by atoms with Crippen molar-refractivity contribution in [1.29, 1.82) is 0 Å². The molecule has 1 aromatic carbocycles. The molecule has 1 rings (SSSR count). The minimum Gasteiger partial charge on any atom is -0.496 e. The van der Waals surface area contributed by atoms with Gasteiger partial charge in [0.1, 0.15) is 5.75 Å². The van der Waals surface area contributed by atoms with Crippen LogP contribution in [0.1, 0.15) is 19.4 Å². The Labute approximate surface area is 120 Å². The lowest BCUT2D eigenvalue weighted by molar-refractivity contribution is 0.348. The normalized spacial score (nSPS) is 11.6. The van der Waals surface area contributed by atoms with Crippen LogP contribution in [0.2, 0.25) is 0 Å². The highest BCUT2D eigenvalue weighted by atomic mass is 35.5. The van der Waals surface area contributed by atoms with Gasteiger partial charge in [-0.2, -0.15) is 0 Å². The second-order valence-corrected chi connectivity index (χ2v) is 4.72. The van der Waals surface area contributed by atoms with Gasteiger partial charge in [0.2, 0.25) is 0 Å². The standard InChI is InChI=1S/C15H21ClO3/c1-10(2)12(9-16)6-11-7-14(18-4)15(19-5)8-13(11)17-3/h6-8,10H,9H2,1-5H3. The SMILES string of the molecule is COc1cc(OC)c(OC)cc1C=C(CCl)C(C)C. The van der Waals surface area contributed by atoms with Gasteiger partial charge in [0, 0.05) is 17.5 Å². The lowest BCUT2D eigenvalue weighted by Crippen LogP contribution is -1.98. The zero-order valence-corrected chi connectivity index (χ0v) is 12.9. The van der Waals surface area contributed by atoms with Crippen molar-refractivity contribution in [2.75, 3.05) is 27.2 Å². The first-order chi connectivity index (χ1) is 9.07. The summed E-state index contributed by atoms with van der Waals surface area (Å²) in [4.78, 5) is 0. The molecule has 0 saturated carbocycles. The number of rotatable bonds is 6. The third kappa shape index (κ3) is 3.80. The molecule has 0 aromatic heterocycles. The van der Waals surface area contributed by atoms with Crippen LogP contribution >= 0.6 is 11.6 Å². The molecule has 0 saturated heterocycles. The maximum atomic E-state index is 5.98. The molecule has 0 aliphatic carbocycles. The number of benzene rings is 1. The van der Waals surface area contributed by atoms with Crippen molar-refractivity contribution in [3.63, 3.8) is 0 Å². The maximum absolute atomic E-state index is 5.98. The molecular formula is C15H21ClO3. The van der Waals surface area contributed by atoms with Gasteiger partial charge in [-0.15, -0.1) is 11.6 Å². The Bertz CT molecular complexity index is 453. The Balaban J connectivity index is 3.33. The van der Waals surface area contributed by atoms with Crippen molar-refractivity contribution < 1.29 is 14.2 Å². The molecule has 106 valence electrons. The lowest BCUT2D eigenvalue weighted by Gasteiger charge is -2.14. The summed E-state index contributed by atoms with van der Waals surface area (Å²) in [5, 5.41) is 0. The van der Waals surface area contributed by atoms with Crippen LogP contribution in [-0.4, -0.2) is 27.2 Å². The Hall–Kier alpha value is -1.35. The summed E-state index contributed by atoms with van der Waals surface area (Å²) in [5.74, 6) is 2.94. The van der Waals surface area contributed by atoms with E-state index in [-0.39, 0.29) is 0 Å². The predicted molar refractivity (Wildman–Crippen MR) is 79.6 cm³/mol. The average molecular weight is 285 g/mol. The zero-order valence-electron chi connectivity index (χ0n) is 12.1. The molecule has 0 bridgehead atoms. The minimum atomic E-state index is 0.385. The van der Waals surface area contributed by atoms with E-state index in [0.717, 1.165) is 16.9 Å². The third-order valence-corrected chi connectivity index (χ3v) is 3.28. The van der Waals surface area contributed by atoms with Gasteiger partial charge in [-0.05, 0) is 12.0 Å². The Morgan fingerprint density at radius 1 is 1.05 bits per heavy atom. The summed E-state index contributed by atoms with van der Waals surface area (Å²) in [6.45, 7) is 4.23. The molecule has 0 N–H and O–H groups in total. The van der Waals surface area contributed by atoms with Crippen LogP contribution in [0.3, 0.4) is 0 Å². The van der Waals surface area contributed by atoms with Gasteiger partial charge in [0.25, 0.3) is 0 Å². The smallest absolute Gasteiger partial charge is 0.164 e. The van der Waals surface area contributed by atoms with E-state index >= 15 is 0 Å². The van der Waals surface area contributed by atoms with E-state index in [1.54, 1.807) is 21.3 Å². The monoisotopic (exact) mass is 284 g/mol. The van der Waals surface area contributed by atoms with Crippen LogP contribution in [0.5, 0.6) is 17.2 Å². The molecule has 19 heavy (non-hydrogen) atoms. The second-order valence-electron chi connectivity index (χ2n) is 4.46. The molecule has 3 nitrogen and oxygen atoms in total. The fourth-order valence-corrected chi connectivity index (χ4v) is 2.11. The maximum Gasteiger partial charge on any atom is 0.164 e. The second kappa shape index (κ2) is 7.29. The van der Waals surface area contributed by atoms with E-state index < -0.39 is 0 Å². The van der Waals surface area contributed by atoms with E-state index in [4.69, 9.17) is 25.8 Å². The van der Waals surface area contributed by atoms with Gasteiger partial charge in [-0.1, -0.05) is 25.5 Å². The van der Waals surface area contributed by atoms with Crippen LogP contribution in [0.25, 0.3) is 6.08 Å². The Morgan fingerprint density at radius 2 is 1.58 bits per heavy atom. The molecule has 0 aliphatic heterocycles. The Morgan fingerprint density at radius 3 is 2.00 bits per heavy atom. The van der Waals surface area contributed by atoms with Crippen LogP contribution < -0.4 is 14.2 Å². The number of ether oxygens (including phenoxy) is 3. The summed E-state index contributed by atoms with van der Waals surface area (Å²) >= 11 is 5.98. The molecule has 0 amide bonds. The summed E-state index contributed by atoms with van der Waals surface area (Å²) in [6.07, 6.45) is 2.04. The number of methoxy groups -OCH3 is 3. The summed E-state index contributed by atoms with van der Waals surface area (Å²) < 4.78 is 16.0. The number of halogens is 1. The highest BCUT2D eigenvalue weighted by molar-refractivity contribution is 6.19. The molecule has 0 spiro atoms. The molecular weight excluding hydrogens is 264 g/mol. The van der Waals surface area contributed by atoms with Crippen molar-refractivity contribution in [1.82, 2.24) is 0 Å². The number of hydrogen-bond donors (Lipinski definition) is 0. The van der Waals surface area contributed by atoms with E-state index in [0.29, 0.717) is 23.3 Å². The van der Waals surface area contributed by atoms with Gasteiger partial charge in [-0.25, -0.2) is 0 Å². The van der Waals surface area contributed by atoms with Gasteiger partial charge >= 0.3 is 0 Å². The van der Waals surface area contributed by atoms with E-state index in [2.05, 4.69) is 13.8 Å². The summed E-state index contributed by atoms with van der Waals surface area (Å²) in [7, 11) is 4.85. The van der Waals surface area contributed by atoms with Gasteiger partial charge in [0.05, 0.1) is 21.3 Å². The predicted octanol–water partition coefficient (Wildman–Crippen LogP) is 3.99. The summed E-state index contributed by atoms with van der Waals surface area (Å²) in [6, 6.07) is 3.71. The molecule has 4 heteroatoms. The first-order valence-electron chi connectivity index (χ1n) is 6.13. The molecule has 0 heterocycles. The van der Waals surface area contributed by atoms with Gasteiger partial charge in [-0.3, -0.25) is 0 Å². The van der Waals surface area contributed by atoms with Crippen molar-refractivity contribution in [2.24, 2.45) is 5.92 Å². The molecule has 0 atom stereocenters. The third-order valence-electron chi connectivity index (χ3n) is 2.97. The van der Waals surface area contributed by atoms with Gasteiger partial charge in [0.15, 0.2) is 11.5 Å². The fourth-order valence-electron chi connectivity index (χ4n) is 1.72. The van der Waals surface area contributed by atoms with Gasteiger partial charge < -0.3 is 14.2 Å². The van der Waals surface area contributed by atoms with Crippen LogP contribution in [-0.2, 0) is 0 Å². The summed E-state index contributed by atoms with van der Waals surface area (Å²) in [5.41, 5.74) is 2.08. The van der Waals surface area contributed by atoms with Crippen molar-refractivity contribution >= 4 is 17.7 Å². The van der Waals surface area contributed by atoms with Crippen LogP contribution in [0, 0.1) is 5.92 Å². The lowest BCUT2D eigenvalue weighted by atomic mass is 10.0. The van der Waals surface area contributed by atoms with Crippen molar-refractivity contribution in [3.05, 3.63) is 23.3 Å². The number of allylic oxidation sites excluding steroid dienone is 1.